The first-order valence-electron chi connectivity index (χ1n) is 7.24. The van der Waals surface area contributed by atoms with Gasteiger partial charge in [-0.05, 0) is 37.6 Å². The van der Waals surface area contributed by atoms with Crippen molar-refractivity contribution in [3.8, 4) is 5.75 Å². The second-order valence-electron chi connectivity index (χ2n) is 5.31. The third-order valence-electron chi connectivity index (χ3n) is 3.73. The molecule has 0 saturated heterocycles. The molecule has 1 atom stereocenters. The summed E-state index contributed by atoms with van der Waals surface area (Å²) in [5.74, 6) is 0.823. The summed E-state index contributed by atoms with van der Waals surface area (Å²) in [5, 5.41) is 2.94. The maximum atomic E-state index is 12.2. The molecule has 0 saturated carbocycles. The quantitative estimate of drug-likeness (QED) is 0.936. The highest BCUT2D eigenvalue weighted by Gasteiger charge is 2.20. The number of aromatic nitrogens is 2. The van der Waals surface area contributed by atoms with E-state index in [4.69, 9.17) is 4.74 Å². The van der Waals surface area contributed by atoms with Crippen LogP contribution in [-0.4, -0.2) is 21.6 Å². The number of amides is 1. The molecule has 1 aromatic carbocycles. The molecular formula is C16H19N3O2. The van der Waals surface area contributed by atoms with Crippen LogP contribution in [0.5, 0.6) is 5.75 Å². The summed E-state index contributed by atoms with van der Waals surface area (Å²) >= 11 is 0. The van der Waals surface area contributed by atoms with Crippen LogP contribution in [-0.2, 0) is 19.5 Å². The summed E-state index contributed by atoms with van der Waals surface area (Å²) < 4.78 is 7.66. The number of hydrogen-bond acceptors (Lipinski definition) is 3. The van der Waals surface area contributed by atoms with Gasteiger partial charge in [0, 0.05) is 24.7 Å². The Morgan fingerprint density at radius 3 is 3.19 bits per heavy atom. The summed E-state index contributed by atoms with van der Waals surface area (Å²) in [6.07, 6.45) is 4.61. The van der Waals surface area contributed by atoms with Gasteiger partial charge in [-0.1, -0.05) is 0 Å². The monoisotopic (exact) mass is 285 g/mol. The van der Waals surface area contributed by atoms with Crippen LogP contribution in [0.3, 0.4) is 0 Å². The fourth-order valence-corrected chi connectivity index (χ4v) is 2.62. The highest BCUT2D eigenvalue weighted by molar-refractivity contribution is 5.94. The minimum Gasteiger partial charge on any atom is -0.490 e. The van der Waals surface area contributed by atoms with Crippen LogP contribution in [0.2, 0.25) is 0 Å². The third-order valence-corrected chi connectivity index (χ3v) is 3.73. The smallest absolute Gasteiger partial charge is 0.251 e. The Kier molecular flexibility index (Phi) is 3.64. The lowest BCUT2D eigenvalue weighted by Gasteiger charge is -2.08. The van der Waals surface area contributed by atoms with Gasteiger partial charge in [-0.25, -0.2) is 4.98 Å². The number of aryl methyl sites for hydroxylation is 1. The average molecular weight is 285 g/mol. The second-order valence-corrected chi connectivity index (χ2v) is 5.31. The van der Waals surface area contributed by atoms with Crippen LogP contribution < -0.4 is 10.1 Å². The Morgan fingerprint density at radius 2 is 2.38 bits per heavy atom. The van der Waals surface area contributed by atoms with Gasteiger partial charge in [0.15, 0.2) is 0 Å². The molecule has 21 heavy (non-hydrogen) atoms. The number of carbonyl (C=O) groups excluding carboxylic acids is 1. The van der Waals surface area contributed by atoms with E-state index in [0.29, 0.717) is 12.1 Å². The molecular weight excluding hydrogens is 266 g/mol. The molecule has 0 aliphatic carbocycles. The van der Waals surface area contributed by atoms with Gasteiger partial charge in [-0.15, -0.1) is 0 Å². The summed E-state index contributed by atoms with van der Waals surface area (Å²) in [5.41, 5.74) is 2.78. The highest BCUT2D eigenvalue weighted by atomic mass is 16.5. The number of rotatable bonds is 4. The topological polar surface area (TPSA) is 56.2 Å². The number of fused-ring (bicyclic) bond motifs is 1. The first kappa shape index (κ1) is 13.7. The van der Waals surface area contributed by atoms with Crippen molar-refractivity contribution >= 4 is 5.91 Å². The normalized spacial score (nSPS) is 16.4. The van der Waals surface area contributed by atoms with E-state index in [-0.39, 0.29) is 12.0 Å². The van der Waals surface area contributed by atoms with Crippen molar-refractivity contribution in [2.45, 2.75) is 39.5 Å². The summed E-state index contributed by atoms with van der Waals surface area (Å²) in [7, 11) is 0. The van der Waals surface area contributed by atoms with Gasteiger partial charge in [0.25, 0.3) is 5.91 Å². The van der Waals surface area contributed by atoms with Gasteiger partial charge >= 0.3 is 0 Å². The molecule has 0 spiro atoms. The predicted octanol–water partition coefficient (Wildman–Crippen LogP) is 2.16. The minimum atomic E-state index is -0.0683. The zero-order valence-corrected chi connectivity index (χ0v) is 12.3. The Balaban J connectivity index is 1.68. The van der Waals surface area contributed by atoms with Crippen molar-refractivity contribution in [1.29, 1.82) is 0 Å². The largest absolute Gasteiger partial charge is 0.490 e. The number of imidazole rings is 1. The standard InChI is InChI=1S/C16H19N3O2/c1-3-19-10-17-8-14(19)9-18-16(20)12-4-5-15-13(7-12)6-11(2)21-15/h4-5,7-8,10-11H,3,6,9H2,1-2H3,(H,18,20)/t11-/m1/s1. The molecule has 1 aromatic heterocycles. The van der Waals surface area contributed by atoms with Gasteiger partial charge in [-0.3, -0.25) is 4.79 Å². The Labute approximate surface area is 124 Å². The predicted molar refractivity (Wildman–Crippen MR) is 79.3 cm³/mol. The molecule has 110 valence electrons. The van der Waals surface area contributed by atoms with Crippen molar-refractivity contribution in [3.05, 3.63) is 47.5 Å². The first-order valence-corrected chi connectivity index (χ1v) is 7.24. The zero-order chi connectivity index (χ0) is 14.8. The molecule has 1 aliphatic rings. The maximum absolute atomic E-state index is 12.2. The van der Waals surface area contributed by atoms with Crippen LogP contribution in [0.25, 0.3) is 0 Å². The van der Waals surface area contributed by atoms with Crippen LogP contribution in [0.4, 0.5) is 0 Å². The van der Waals surface area contributed by atoms with Crippen molar-refractivity contribution in [1.82, 2.24) is 14.9 Å². The van der Waals surface area contributed by atoms with Crippen LogP contribution in [0.1, 0.15) is 35.5 Å². The van der Waals surface area contributed by atoms with Gasteiger partial charge in [-0.2, -0.15) is 0 Å². The van der Waals surface area contributed by atoms with E-state index < -0.39 is 0 Å². The van der Waals surface area contributed by atoms with E-state index in [2.05, 4.69) is 17.2 Å². The van der Waals surface area contributed by atoms with Crippen LogP contribution in [0.15, 0.2) is 30.7 Å². The summed E-state index contributed by atoms with van der Waals surface area (Å²) in [6, 6.07) is 5.61. The highest BCUT2D eigenvalue weighted by Crippen LogP contribution is 2.29. The zero-order valence-electron chi connectivity index (χ0n) is 12.3. The molecule has 0 bridgehead atoms. The van der Waals surface area contributed by atoms with Gasteiger partial charge in [0.2, 0.25) is 0 Å². The van der Waals surface area contributed by atoms with E-state index in [0.717, 1.165) is 30.0 Å². The SMILES string of the molecule is CCn1cncc1CNC(=O)c1ccc2c(c1)C[C@@H](C)O2. The molecule has 3 rings (SSSR count). The lowest BCUT2D eigenvalue weighted by Crippen LogP contribution is -2.24. The molecule has 0 fully saturated rings. The lowest BCUT2D eigenvalue weighted by molar-refractivity contribution is 0.0950. The molecule has 2 aromatic rings. The molecule has 5 heteroatoms. The number of carbonyl (C=O) groups is 1. The molecule has 1 amide bonds. The van der Waals surface area contributed by atoms with E-state index in [1.54, 1.807) is 12.5 Å². The molecule has 5 nitrogen and oxygen atoms in total. The molecule has 1 N–H and O–H groups in total. The molecule has 0 unspecified atom stereocenters. The molecule has 1 aliphatic heterocycles. The van der Waals surface area contributed by atoms with Crippen LogP contribution in [0, 0.1) is 0 Å². The van der Waals surface area contributed by atoms with Crippen LogP contribution >= 0.6 is 0 Å². The van der Waals surface area contributed by atoms with Crippen molar-refractivity contribution < 1.29 is 9.53 Å². The Morgan fingerprint density at radius 1 is 1.52 bits per heavy atom. The van der Waals surface area contributed by atoms with E-state index in [9.17, 15) is 4.79 Å². The van der Waals surface area contributed by atoms with Gasteiger partial charge in [0.05, 0.1) is 18.6 Å². The van der Waals surface area contributed by atoms with Crippen molar-refractivity contribution in [2.75, 3.05) is 0 Å². The molecule has 2 heterocycles. The van der Waals surface area contributed by atoms with Gasteiger partial charge < -0.3 is 14.6 Å². The molecule has 0 radical (unpaired) electrons. The Bertz CT molecular complexity index is 663. The number of nitrogens with one attached hydrogen (secondary N) is 1. The Hall–Kier alpha value is -2.30. The van der Waals surface area contributed by atoms with E-state index in [1.165, 1.54) is 0 Å². The number of hydrogen-bond donors (Lipinski definition) is 1. The third kappa shape index (κ3) is 2.77. The average Bonchev–Trinajstić information content (AvgIpc) is 3.08. The lowest BCUT2D eigenvalue weighted by atomic mass is 10.1. The van der Waals surface area contributed by atoms with E-state index >= 15 is 0 Å². The number of benzene rings is 1. The fraction of sp³-hybridized carbons (Fsp3) is 0.375. The maximum Gasteiger partial charge on any atom is 0.251 e. The summed E-state index contributed by atoms with van der Waals surface area (Å²) in [6.45, 7) is 5.41. The summed E-state index contributed by atoms with van der Waals surface area (Å²) in [4.78, 5) is 16.3. The van der Waals surface area contributed by atoms with Crippen molar-refractivity contribution in [2.24, 2.45) is 0 Å². The first-order chi connectivity index (χ1) is 10.2. The van der Waals surface area contributed by atoms with E-state index in [1.807, 2.05) is 29.7 Å². The second kappa shape index (κ2) is 5.60. The van der Waals surface area contributed by atoms with Gasteiger partial charge in [0.1, 0.15) is 11.9 Å². The number of nitrogens with zero attached hydrogens (tertiary/aromatic N) is 2. The minimum absolute atomic E-state index is 0.0683. The fourth-order valence-electron chi connectivity index (χ4n) is 2.62. The van der Waals surface area contributed by atoms with Crippen molar-refractivity contribution in [3.63, 3.8) is 0 Å². The number of ether oxygens (including phenoxy) is 1.